The number of carbonyl (C=O) groups is 3. The summed E-state index contributed by atoms with van der Waals surface area (Å²) in [4.78, 5) is 29.5. The van der Waals surface area contributed by atoms with Crippen molar-refractivity contribution in [1.29, 1.82) is 5.26 Å². The van der Waals surface area contributed by atoms with Crippen LogP contribution in [0, 0.1) is 17.2 Å². The topological polar surface area (TPSA) is 136 Å². The molecule has 0 amide bonds. The van der Waals surface area contributed by atoms with Crippen LogP contribution >= 0.6 is 0 Å². The Hall–Kier alpha value is -2.88. The first-order valence-electron chi connectivity index (χ1n) is 5.98. The Morgan fingerprint density at radius 3 is 1.45 bits per heavy atom. The molecule has 7 heteroatoms. The summed E-state index contributed by atoms with van der Waals surface area (Å²) < 4.78 is 0. The average Bonchev–Trinajstić information content (AvgIpc) is 2.45. The second kappa shape index (κ2) is 13.1. The van der Waals surface area contributed by atoms with Gasteiger partial charge in [-0.15, -0.1) is 0 Å². The summed E-state index contributed by atoms with van der Waals surface area (Å²) in [5.41, 5.74) is 0.507. The summed E-state index contributed by atoms with van der Waals surface area (Å²) >= 11 is 0. The summed E-state index contributed by atoms with van der Waals surface area (Å²) in [5, 5.41) is 32.4. The van der Waals surface area contributed by atoms with Crippen LogP contribution in [0.4, 0.5) is 0 Å². The van der Waals surface area contributed by atoms with E-state index in [0.29, 0.717) is 5.57 Å². The molecule has 0 rings (SSSR count). The maximum Gasteiger partial charge on any atom is 0.332 e. The molecule has 0 fully saturated rings. The summed E-state index contributed by atoms with van der Waals surface area (Å²) in [5.74, 6) is -3.48. The van der Waals surface area contributed by atoms with Crippen molar-refractivity contribution in [3.63, 3.8) is 0 Å². The SMILES string of the molecule is C/C=C(\C)C(=O)O.C=C(C(=O)O)C(C)C#N.C=C(C)C(=O)O. The van der Waals surface area contributed by atoms with Gasteiger partial charge in [0.1, 0.15) is 0 Å². The number of nitrogens with zero attached hydrogens (tertiary/aromatic N) is 1. The van der Waals surface area contributed by atoms with Gasteiger partial charge in [-0.05, 0) is 27.7 Å². The molecule has 0 saturated heterocycles. The van der Waals surface area contributed by atoms with Crippen molar-refractivity contribution in [2.24, 2.45) is 5.92 Å². The van der Waals surface area contributed by atoms with E-state index >= 15 is 0 Å². The molecular weight excluding hydrogens is 290 g/mol. The molecule has 22 heavy (non-hydrogen) atoms. The lowest BCUT2D eigenvalue weighted by Gasteiger charge is -1.97. The van der Waals surface area contributed by atoms with Crippen molar-refractivity contribution < 1.29 is 29.7 Å². The molecule has 0 radical (unpaired) electrons. The fourth-order valence-corrected chi connectivity index (χ4v) is 0.387. The molecule has 7 nitrogen and oxygen atoms in total. The van der Waals surface area contributed by atoms with Crippen LogP contribution in [0.5, 0.6) is 0 Å². The van der Waals surface area contributed by atoms with E-state index in [1.54, 1.807) is 26.0 Å². The van der Waals surface area contributed by atoms with E-state index in [2.05, 4.69) is 13.2 Å². The number of hydrogen-bond donors (Lipinski definition) is 3. The fourth-order valence-electron chi connectivity index (χ4n) is 0.387. The van der Waals surface area contributed by atoms with Crippen LogP contribution in [0.3, 0.4) is 0 Å². The van der Waals surface area contributed by atoms with E-state index in [4.69, 9.17) is 20.6 Å². The summed E-state index contributed by atoms with van der Waals surface area (Å²) in [7, 11) is 0. The Morgan fingerprint density at radius 1 is 1.05 bits per heavy atom. The second-order valence-corrected chi connectivity index (χ2v) is 4.04. The molecule has 0 aromatic rings. The van der Waals surface area contributed by atoms with Gasteiger partial charge >= 0.3 is 17.9 Å². The Morgan fingerprint density at radius 2 is 1.41 bits per heavy atom. The van der Waals surface area contributed by atoms with Crippen molar-refractivity contribution >= 4 is 17.9 Å². The highest BCUT2D eigenvalue weighted by Crippen LogP contribution is 2.05. The average molecular weight is 311 g/mol. The number of aliphatic carboxylic acids is 3. The van der Waals surface area contributed by atoms with Gasteiger partial charge in [-0.1, -0.05) is 19.2 Å². The third-order valence-corrected chi connectivity index (χ3v) is 2.13. The molecule has 0 aliphatic carbocycles. The van der Waals surface area contributed by atoms with E-state index in [1.165, 1.54) is 13.8 Å². The first-order valence-corrected chi connectivity index (χ1v) is 5.98. The fraction of sp³-hybridized carbons (Fsp3) is 0.333. The quantitative estimate of drug-likeness (QED) is 0.678. The van der Waals surface area contributed by atoms with Gasteiger partial charge in [0.15, 0.2) is 0 Å². The van der Waals surface area contributed by atoms with Gasteiger partial charge in [0.05, 0.1) is 12.0 Å². The molecule has 0 heterocycles. The molecular formula is C15H21NO6. The standard InChI is InChI=1S/C6H7NO2.C5H8O2.C4H6O2/c1-4(3-7)5(2)6(8)9;1-3-4(2)5(6)7;1-3(2)4(5)6/h4H,2H2,1H3,(H,8,9);3H,1-2H3,(H,6,7);1H2,2H3,(H,5,6)/b;4-3+;. The Labute approximate surface area is 129 Å². The second-order valence-electron chi connectivity index (χ2n) is 4.04. The largest absolute Gasteiger partial charge is 0.478 e. The van der Waals surface area contributed by atoms with Crippen molar-refractivity contribution in [2.45, 2.75) is 27.7 Å². The van der Waals surface area contributed by atoms with Crippen molar-refractivity contribution in [2.75, 3.05) is 0 Å². The minimum absolute atomic E-state index is 0.0579. The Bertz CT molecular complexity index is 499. The minimum atomic E-state index is -1.11. The van der Waals surface area contributed by atoms with Gasteiger partial charge in [0.25, 0.3) is 0 Å². The maximum atomic E-state index is 10.0. The van der Waals surface area contributed by atoms with Gasteiger partial charge in [-0.25, -0.2) is 14.4 Å². The molecule has 1 unspecified atom stereocenters. The van der Waals surface area contributed by atoms with Crippen LogP contribution in [0.2, 0.25) is 0 Å². The molecule has 3 N–H and O–H groups in total. The summed E-state index contributed by atoms with van der Waals surface area (Å²) in [6.45, 7) is 12.6. The lowest BCUT2D eigenvalue weighted by Crippen LogP contribution is -2.05. The van der Waals surface area contributed by atoms with Gasteiger partial charge in [0, 0.05) is 16.7 Å². The highest BCUT2D eigenvalue weighted by atomic mass is 16.4. The first-order chi connectivity index (χ1) is 9.91. The zero-order valence-electron chi connectivity index (χ0n) is 13.1. The van der Waals surface area contributed by atoms with Crippen LogP contribution in [0.15, 0.2) is 36.0 Å². The zero-order chi connectivity index (χ0) is 18.5. The van der Waals surface area contributed by atoms with Crippen molar-refractivity contribution in [3.8, 4) is 6.07 Å². The van der Waals surface area contributed by atoms with Crippen LogP contribution < -0.4 is 0 Å². The maximum absolute atomic E-state index is 10.0. The van der Waals surface area contributed by atoms with Gasteiger partial charge in [-0.3, -0.25) is 0 Å². The Kier molecular flexibility index (Phi) is 14.4. The zero-order valence-corrected chi connectivity index (χ0v) is 13.1. The number of allylic oxidation sites excluding steroid dienone is 1. The van der Waals surface area contributed by atoms with Crippen LogP contribution in [-0.2, 0) is 14.4 Å². The number of carboxylic acid groups (broad SMARTS) is 3. The predicted octanol–water partition coefficient (Wildman–Crippen LogP) is 2.47. The van der Waals surface area contributed by atoms with E-state index in [-0.39, 0.29) is 11.1 Å². The molecule has 0 saturated carbocycles. The van der Waals surface area contributed by atoms with Crippen LogP contribution in [0.1, 0.15) is 27.7 Å². The molecule has 0 aromatic heterocycles. The lowest BCUT2D eigenvalue weighted by molar-refractivity contribution is -0.133. The molecule has 1 atom stereocenters. The predicted molar refractivity (Wildman–Crippen MR) is 81.1 cm³/mol. The van der Waals surface area contributed by atoms with Crippen LogP contribution in [-0.4, -0.2) is 33.2 Å². The number of rotatable bonds is 4. The summed E-state index contributed by atoms with van der Waals surface area (Å²) in [6.07, 6.45) is 1.56. The van der Waals surface area contributed by atoms with E-state index in [0.717, 1.165) is 0 Å². The molecule has 0 spiro atoms. The monoisotopic (exact) mass is 311 g/mol. The highest BCUT2D eigenvalue weighted by molar-refractivity contribution is 5.87. The van der Waals surface area contributed by atoms with E-state index in [1.807, 2.05) is 0 Å². The van der Waals surface area contributed by atoms with Crippen molar-refractivity contribution in [3.05, 3.63) is 36.0 Å². The molecule has 0 bridgehead atoms. The minimum Gasteiger partial charge on any atom is -0.478 e. The normalized spacial score (nSPS) is 10.4. The number of nitriles is 1. The highest BCUT2D eigenvalue weighted by Gasteiger charge is 2.11. The van der Waals surface area contributed by atoms with Crippen LogP contribution in [0.25, 0.3) is 0 Å². The van der Waals surface area contributed by atoms with Crippen molar-refractivity contribution in [1.82, 2.24) is 0 Å². The lowest BCUT2D eigenvalue weighted by atomic mass is 10.1. The third kappa shape index (κ3) is 15.2. The molecule has 0 aromatic carbocycles. The van der Waals surface area contributed by atoms with E-state index in [9.17, 15) is 14.4 Å². The first kappa shape index (κ1) is 24.2. The Balaban J connectivity index is -0.000000252. The molecule has 0 aliphatic rings. The summed E-state index contributed by atoms with van der Waals surface area (Å²) in [6, 6.07) is 1.77. The van der Waals surface area contributed by atoms with E-state index < -0.39 is 23.8 Å². The number of hydrogen-bond acceptors (Lipinski definition) is 4. The van der Waals surface area contributed by atoms with Gasteiger partial charge in [-0.2, -0.15) is 5.26 Å². The number of carboxylic acids is 3. The van der Waals surface area contributed by atoms with Gasteiger partial charge in [0.2, 0.25) is 0 Å². The van der Waals surface area contributed by atoms with Gasteiger partial charge < -0.3 is 15.3 Å². The third-order valence-electron chi connectivity index (χ3n) is 2.13. The smallest absolute Gasteiger partial charge is 0.332 e. The molecule has 0 aliphatic heterocycles. The molecule has 122 valence electrons.